The highest BCUT2D eigenvalue weighted by atomic mass is 16.7. The van der Waals surface area contributed by atoms with E-state index in [9.17, 15) is 34.5 Å². The van der Waals surface area contributed by atoms with Crippen LogP contribution < -0.4 is 0 Å². The minimum absolute atomic E-state index is 0.0467. The predicted octanol–water partition coefficient (Wildman–Crippen LogP) is 16.9. The summed E-state index contributed by atoms with van der Waals surface area (Å²) < 4.78 is 28.5. The van der Waals surface area contributed by atoms with Crippen molar-refractivity contribution in [3.05, 3.63) is 72.9 Å². The molecule has 0 aliphatic carbocycles. The second-order valence-electron chi connectivity index (χ2n) is 21.7. The Morgan fingerprint density at radius 3 is 1.23 bits per heavy atom. The molecule has 0 spiro atoms. The first-order valence-corrected chi connectivity index (χ1v) is 31.9. The fourth-order valence-electron chi connectivity index (χ4n) is 9.35. The molecule has 1 saturated heterocycles. The van der Waals surface area contributed by atoms with E-state index >= 15 is 0 Å². The normalized spacial score (nSPS) is 18.3. The number of carbonyl (C=O) groups excluding carboxylic acids is 3. The lowest BCUT2D eigenvalue weighted by Gasteiger charge is -2.40. The second kappa shape index (κ2) is 54.7. The number of carboxylic acid groups (broad SMARTS) is 1. The summed E-state index contributed by atoms with van der Waals surface area (Å²) in [6.45, 7) is 5.87. The summed E-state index contributed by atoms with van der Waals surface area (Å²) in [7, 11) is 0. The number of unbranched alkanes of at least 4 members (excludes halogenated alkanes) is 28. The summed E-state index contributed by atoms with van der Waals surface area (Å²) in [5.74, 6) is -3.16. The quantitative estimate of drug-likeness (QED) is 0.0228. The van der Waals surface area contributed by atoms with E-state index in [0.29, 0.717) is 19.3 Å². The minimum atomic E-state index is -1.91. The summed E-state index contributed by atoms with van der Waals surface area (Å²) in [4.78, 5) is 51.3. The molecule has 3 N–H and O–H groups in total. The molecule has 1 heterocycles. The number of aliphatic carboxylic acids is 1. The van der Waals surface area contributed by atoms with Crippen LogP contribution in [0.2, 0.25) is 0 Å². The molecule has 0 aromatic heterocycles. The summed E-state index contributed by atoms with van der Waals surface area (Å²) in [6.07, 6.45) is 57.1. The Labute approximate surface area is 480 Å². The number of carbonyl (C=O) groups is 4. The van der Waals surface area contributed by atoms with Gasteiger partial charge in [-0.2, -0.15) is 0 Å². The first kappa shape index (κ1) is 73.2. The standard InChI is InChI=1S/C67H114O12/c1-4-7-10-13-16-19-22-25-28-30-33-35-38-41-44-47-50-53-59(68)75-56-58(77-60(69)54-51-48-45-42-39-37-34-31-29-26-23-20-17-14-11-8-5-2)57-76-67-65(63(72)62(71)64(79-67)66(73)74)78-61(70)55-52-49-46-43-40-36-32-27-24-21-18-15-12-9-6-3/h7,10,16,19,25-29,32-33,35,58,62-65,67,71-72H,4-6,8-9,11-15,17-18,20-24,30-31,34,36-57H2,1-3H3,(H,73,74)/b10-7-,19-16-,28-25-,29-26-,32-27-,35-33-. The number of hydrogen-bond acceptors (Lipinski definition) is 11. The second-order valence-corrected chi connectivity index (χ2v) is 21.7. The summed E-state index contributed by atoms with van der Waals surface area (Å²) in [5, 5.41) is 31.6. The van der Waals surface area contributed by atoms with Crippen molar-refractivity contribution in [3.8, 4) is 0 Å². The lowest BCUT2D eigenvalue weighted by atomic mass is 9.98. The zero-order chi connectivity index (χ0) is 57.5. The van der Waals surface area contributed by atoms with Crippen molar-refractivity contribution >= 4 is 23.9 Å². The fourth-order valence-corrected chi connectivity index (χ4v) is 9.35. The van der Waals surface area contributed by atoms with Crippen LogP contribution in [0.4, 0.5) is 0 Å². The number of carboxylic acids is 1. The van der Waals surface area contributed by atoms with Crippen LogP contribution in [0.15, 0.2) is 72.9 Å². The number of esters is 3. The molecule has 0 radical (unpaired) electrons. The third-order valence-corrected chi connectivity index (χ3v) is 14.2. The van der Waals surface area contributed by atoms with Gasteiger partial charge in [-0.05, 0) is 109 Å². The van der Waals surface area contributed by atoms with Crippen LogP contribution in [0.1, 0.15) is 278 Å². The highest BCUT2D eigenvalue weighted by Gasteiger charge is 2.50. The Kier molecular flexibility index (Phi) is 50.7. The molecule has 454 valence electrons. The zero-order valence-corrected chi connectivity index (χ0v) is 50.1. The number of allylic oxidation sites excluding steroid dienone is 12. The molecule has 12 nitrogen and oxygen atoms in total. The molecule has 1 rings (SSSR count). The van der Waals surface area contributed by atoms with Crippen LogP contribution in [-0.2, 0) is 42.9 Å². The molecule has 79 heavy (non-hydrogen) atoms. The van der Waals surface area contributed by atoms with Gasteiger partial charge in [0.15, 0.2) is 24.6 Å². The topological polar surface area (TPSA) is 175 Å². The van der Waals surface area contributed by atoms with E-state index < -0.39 is 67.3 Å². The van der Waals surface area contributed by atoms with E-state index in [0.717, 1.165) is 122 Å². The van der Waals surface area contributed by atoms with E-state index in [4.69, 9.17) is 23.7 Å². The highest BCUT2D eigenvalue weighted by Crippen LogP contribution is 2.26. The molecule has 0 bridgehead atoms. The molecule has 0 amide bonds. The molecule has 1 aliphatic heterocycles. The van der Waals surface area contributed by atoms with E-state index in [1.165, 1.54) is 96.3 Å². The summed E-state index contributed by atoms with van der Waals surface area (Å²) in [6, 6.07) is 0. The van der Waals surface area contributed by atoms with E-state index in [1.807, 2.05) is 0 Å². The lowest BCUT2D eigenvalue weighted by molar-refractivity contribution is -0.301. The van der Waals surface area contributed by atoms with Gasteiger partial charge in [0, 0.05) is 19.3 Å². The van der Waals surface area contributed by atoms with Gasteiger partial charge in [0.2, 0.25) is 0 Å². The summed E-state index contributed by atoms with van der Waals surface area (Å²) in [5.41, 5.74) is 0. The SMILES string of the molecule is CC/C=C\C/C=C\C/C=C\C/C=C\CCCCCCC(=O)OCC(COC1OC(C(=O)O)C(O)C(O)C1OC(=O)CCCCCCC/C=C\CCCCCCCC)OC(=O)CCCCCCCCC/C=C\CCCCCCCC. The molecule has 6 unspecified atom stereocenters. The third-order valence-electron chi connectivity index (χ3n) is 14.2. The van der Waals surface area contributed by atoms with Crippen LogP contribution in [0.25, 0.3) is 0 Å². The van der Waals surface area contributed by atoms with Crippen molar-refractivity contribution in [3.63, 3.8) is 0 Å². The van der Waals surface area contributed by atoms with Gasteiger partial charge in [-0.3, -0.25) is 14.4 Å². The van der Waals surface area contributed by atoms with Crippen molar-refractivity contribution < 1.29 is 58.2 Å². The Hall–Kier alpha value is -3.84. The number of rotatable bonds is 54. The van der Waals surface area contributed by atoms with Gasteiger partial charge in [-0.25, -0.2) is 4.79 Å². The maximum absolute atomic E-state index is 13.2. The highest BCUT2D eigenvalue weighted by molar-refractivity contribution is 5.74. The van der Waals surface area contributed by atoms with Gasteiger partial charge in [0.25, 0.3) is 0 Å². The predicted molar refractivity (Wildman–Crippen MR) is 322 cm³/mol. The van der Waals surface area contributed by atoms with Crippen LogP contribution in [0.5, 0.6) is 0 Å². The van der Waals surface area contributed by atoms with Crippen molar-refractivity contribution in [2.24, 2.45) is 0 Å². The van der Waals surface area contributed by atoms with E-state index in [2.05, 4.69) is 93.7 Å². The number of aliphatic hydroxyl groups is 2. The van der Waals surface area contributed by atoms with Crippen molar-refractivity contribution in [1.29, 1.82) is 0 Å². The number of aliphatic hydroxyl groups excluding tert-OH is 2. The molecule has 0 saturated carbocycles. The Morgan fingerprint density at radius 2 is 0.797 bits per heavy atom. The van der Waals surface area contributed by atoms with Crippen molar-refractivity contribution in [2.45, 2.75) is 314 Å². The third kappa shape index (κ3) is 44.5. The Morgan fingerprint density at radius 1 is 0.430 bits per heavy atom. The lowest BCUT2D eigenvalue weighted by Crippen LogP contribution is -2.61. The van der Waals surface area contributed by atoms with Crippen molar-refractivity contribution in [1.82, 2.24) is 0 Å². The van der Waals surface area contributed by atoms with Crippen LogP contribution in [0, 0.1) is 0 Å². The maximum atomic E-state index is 13.2. The van der Waals surface area contributed by atoms with Crippen LogP contribution in [-0.4, -0.2) is 89.2 Å². The Balaban J connectivity index is 2.69. The van der Waals surface area contributed by atoms with Crippen LogP contribution in [0.3, 0.4) is 0 Å². The smallest absolute Gasteiger partial charge is 0.335 e. The largest absolute Gasteiger partial charge is 0.479 e. The summed E-state index contributed by atoms with van der Waals surface area (Å²) >= 11 is 0. The van der Waals surface area contributed by atoms with Crippen LogP contribution >= 0.6 is 0 Å². The van der Waals surface area contributed by atoms with E-state index in [-0.39, 0.29) is 25.9 Å². The monoisotopic (exact) mass is 1110 g/mol. The zero-order valence-electron chi connectivity index (χ0n) is 50.1. The maximum Gasteiger partial charge on any atom is 0.335 e. The number of hydrogen-bond donors (Lipinski definition) is 3. The molecule has 1 fully saturated rings. The van der Waals surface area contributed by atoms with Gasteiger partial charge in [-0.1, -0.05) is 222 Å². The molecule has 1 aliphatic rings. The molecule has 0 aromatic rings. The van der Waals surface area contributed by atoms with E-state index in [1.54, 1.807) is 0 Å². The minimum Gasteiger partial charge on any atom is -0.479 e. The average molecular weight is 1110 g/mol. The van der Waals surface area contributed by atoms with Crippen molar-refractivity contribution in [2.75, 3.05) is 13.2 Å². The molecule has 12 heteroatoms. The van der Waals surface area contributed by atoms with Gasteiger partial charge in [0.05, 0.1) is 6.61 Å². The first-order chi connectivity index (χ1) is 38.6. The Bertz CT molecular complexity index is 1650. The van der Waals surface area contributed by atoms with Gasteiger partial charge in [-0.15, -0.1) is 0 Å². The fraction of sp³-hybridized carbons (Fsp3) is 0.761. The molecule has 6 atom stereocenters. The van der Waals surface area contributed by atoms with Gasteiger partial charge in [0.1, 0.15) is 18.8 Å². The average Bonchev–Trinajstić information content (AvgIpc) is 3.46. The molecular weight excluding hydrogens is 997 g/mol. The molecule has 0 aromatic carbocycles. The van der Waals surface area contributed by atoms with Gasteiger partial charge >= 0.3 is 23.9 Å². The van der Waals surface area contributed by atoms with Gasteiger partial charge < -0.3 is 39.0 Å². The molecular formula is C67H114O12. The first-order valence-electron chi connectivity index (χ1n) is 31.9. The number of ether oxygens (including phenoxy) is 5.